The van der Waals surface area contributed by atoms with Crippen molar-refractivity contribution in [2.24, 2.45) is 4.99 Å². The number of hydrogen-bond acceptors (Lipinski definition) is 3. The van der Waals surface area contributed by atoms with Crippen LogP contribution in [0.25, 0.3) is 0 Å². The minimum Gasteiger partial charge on any atom is -0.497 e. The molecule has 0 radical (unpaired) electrons. The minimum atomic E-state index is 0.178. The van der Waals surface area contributed by atoms with Gasteiger partial charge in [-0.05, 0) is 41.8 Å². The first-order valence-corrected chi connectivity index (χ1v) is 8.85. The van der Waals surface area contributed by atoms with E-state index in [9.17, 15) is 0 Å². The Morgan fingerprint density at radius 2 is 1.81 bits per heavy atom. The van der Waals surface area contributed by atoms with E-state index in [-0.39, 0.29) is 6.04 Å². The third kappa shape index (κ3) is 3.64. The molecule has 0 saturated heterocycles. The molecule has 4 heteroatoms. The molecule has 4 nitrogen and oxygen atoms in total. The zero-order valence-electron chi connectivity index (χ0n) is 14.8. The smallest absolute Gasteiger partial charge is 0.233 e. The van der Waals surface area contributed by atoms with Gasteiger partial charge in [-0.25, -0.2) is 4.99 Å². The normalized spacial score (nSPS) is 16.2. The fourth-order valence-electron chi connectivity index (χ4n) is 3.22. The highest BCUT2D eigenvalue weighted by Crippen LogP contribution is 2.18. The summed E-state index contributed by atoms with van der Waals surface area (Å²) in [5, 5.41) is 0. The van der Waals surface area contributed by atoms with Gasteiger partial charge in [0.15, 0.2) is 0 Å². The van der Waals surface area contributed by atoms with Gasteiger partial charge in [0, 0.05) is 12.7 Å². The summed E-state index contributed by atoms with van der Waals surface area (Å²) in [7, 11) is 1.68. The van der Waals surface area contributed by atoms with Crippen molar-refractivity contribution in [1.29, 1.82) is 0 Å². The van der Waals surface area contributed by atoms with Crippen LogP contribution in [0.15, 0.2) is 77.9 Å². The standard InChI is InChI=1S/C22H22N2O2/c1-25-20-11-9-18(10-12-20)15-24-13-5-8-21(24)22-23-19(16-26-22)14-17-6-3-2-4-7-17/h2-13,19H,14-16H2,1H3/t19-/m1/s1. The molecule has 0 amide bonds. The van der Waals surface area contributed by atoms with Crippen LogP contribution in [0.4, 0.5) is 0 Å². The molecule has 1 aliphatic rings. The van der Waals surface area contributed by atoms with Crippen LogP contribution in [0, 0.1) is 0 Å². The number of ether oxygens (including phenoxy) is 2. The third-order valence-electron chi connectivity index (χ3n) is 4.59. The molecule has 0 unspecified atom stereocenters. The van der Waals surface area contributed by atoms with Gasteiger partial charge in [0.1, 0.15) is 18.1 Å². The molecule has 2 heterocycles. The van der Waals surface area contributed by atoms with Gasteiger partial charge in [0.25, 0.3) is 0 Å². The van der Waals surface area contributed by atoms with Gasteiger partial charge < -0.3 is 14.0 Å². The second-order valence-corrected chi connectivity index (χ2v) is 6.46. The summed E-state index contributed by atoms with van der Waals surface area (Å²) in [5.41, 5.74) is 3.53. The maximum atomic E-state index is 5.91. The van der Waals surface area contributed by atoms with Gasteiger partial charge in [-0.3, -0.25) is 0 Å². The Hall–Kier alpha value is -3.01. The topological polar surface area (TPSA) is 35.8 Å². The molecule has 0 spiro atoms. The summed E-state index contributed by atoms with van der Waals surface area (Å²) in [4.78, 5) is 4.81. The number of rotatable bonds is 6. The highest BCUT2D eigenvalue weighted by molar-refractivity contribution is 5.93. The summed E-state index contributed by atoms with van der Waals surface area (Å²) in [6, 6.07) is 22.9. The molecule has 132 valence electrons. The summed E-state index contributed by atoms with van der Waals surface area (Å²) in [6.07, 6.45) is 2.97. The van der Waals surface area contributed by atoms with Crippen LogP contribution in [0.1, 0.15) is 16.8 Å². The fourth-order valence-corrected chi connectivity index (χ4v) is 3.22. The lowest BCUT2D eigenvalue weighted by molar-refractivity contribution is 0.315. The maximum Gasteiger partial charge on any atom is 0.233 e. The molecule has 2 aromatic carbocycles. The van der Waals surface area contributed by atoms with E-state index in [1.54, 1.807) is 7.11 Å². The van der Waals surface area contributed by atoms with Crippen LogP contribution >= 0.6 is 0 Å². The minimum absolute atomic E-state index is 0.178. The molecule has 0 saturated carbocycles. The first-order chi connectivity index (χ1) is 12.8. The number of benzene rings is 2. The van der Waals surface area contributed by atoms with Crippen molar-refractivity contribution in [3.05, 3.63) is 89.7 Å². The number of aromatic nitrogens is 1. The van der Waals surface area contributed by atoms with Gasteiger partial charge in [-0.15, -0.1) is 0 Å². The molecule has 1 atom stereocenters. The summed E-state index contributed by atoms with van der Waals surface area (Å²) >= 11 is 0. The van der Waals surface area contributed by atoms with Crippen LogP contribution in [0.3, 0.4) is 0 Å². The highest BCUT2D eigenvalue weighted by Gasteiger charge is 2.22. The predicted octanol–water partition coefficient (Wildman–Crippen LogP) is 3.93. The molecule has 0 aliphatic carbocycles. The van der Waals surface area contributed by atoms with Gasteiger partial charge >= 0.3 is 0 Å². The molecule has 26 heavy (non-hydrogen) atoms. The zero-order chi connectivity index (χ0) is 17.8. The van der Waals surface area contributed by atoms with E-state index in [1.807, 2.05) is 24.3 Å². The molecule has 0 N–H and O–H groups in total. The Morgan fingerprint density at radius 1 is 1.00 bits per heavy atom. The largest absolute Gasteiger partial charge is 0.497 e. The zero-order valence-corrected chi connectivity index (χ0v) is 14.8. The van der Waals surface area contributed by atoms with E-state index in [0.29, 0.717) is 6.61 Å². The van der Waals surface area contributed by atoms with E-state index < -0.39 is 0 Å². The van der Waals surface area contributed by atoms with E-state index in [0.717, 1.165) is 30.3 Å². The van der Waals surface area contributed by atoms with Crippen molar-refractivity contribution >= 4 is 5.90 Å². The third-order valence-corrected chi connectivity index (χ3v) is 4.59. The van der Waals surface area contributed by atoms with Crippen molar-refractivity contribution in [3.63, 3.8) is 0 Å². The van der Waals surface area contributed by atoms with E-state index in [2.05, 4.69) is 53.2 Å². The maximum absolute atomic E-state index is 5.91. The van der Waals surface area contributed by atoms with Gasteiger partial charge in [0.05, 0.1) is 13.2 Å². The Kier molecular flexibility index (Phi) is 4.73. The lowest BCUT2D eigenvalue weighted by atomic mass is 10.1. The molecule has 3 aromatic rings. The number of hydrogen-bond donors (Lipinski definition) is 0. The van der Waals surface area contributed by atoms with Crippen molar-refractivity contribution in [2.45, 2.75) is 19.0 Å². The highest BCUT2D eigenvalue weighted by atomic mass is 16.5. The van der Waals surface area contributed by atoms with Crippen molar-refractivity contribution in [2.75, 3.05) is 13.7 Å². The van der Waals surface area contributed by atoms with Crippen LogP contribution in [0.5, 0.6) is 5.75 Å². The van der Waals surface area contributed by atoms with E-state index in [1.165, 1.54) is 11.1 Å². The molecule has 4 rings (SSSR count). The van der Waals surface area contributed by atoms with Crippen LogP contribution in [-0.2, 0) is 17.7 Å². The van der Waals surface area contributed by atoms with Crippen molar-refractivity contribution in [3.8, 4) is 5.75 Å². The number of nitrogens with zero attached hydrogens (tertiary/aromatic N) is 2. The van der Waals surface area contributed by atoms with Crippen molar-refractivity contribution < 1.29 is 9.47 Å². The lowest BCUT2D eigenvalue weighted by Gasteiger charge is -2.09. The molecular weight excluding hydrogens is 324 g/mol. The number of aliphatic imine (C=N–C) groups is 1. The van der Waals surface area contributed by atoms with Crippen LogP contribution in [-0.4, -0.2) is 30.2 Å². The molecular formula is C22H22N2O2. The lowest BCUT2D eigenvalue weighted by Crippen LogP contribution is -2.11. The quantitative estimate of drug-likeness (QED) is 0.678. The molecule has 0 bridgehead atoms. The van der Waals surface area contributed by atoms with Gasteiger partial charge in [0.2, 0.25) is 5.90 Å². The van der Waals surface area contributed by atoms with Crippen molar-refractivity contribution in [1.82, 2.24) is 4.57 Å². The summed E-state index contributed by atoms with van der Waals surface area (Å²) in [5.74, 6) is 1.61. The fraction of sp³-hybridized carbons (Fsp3) is 0.227. The Labute approximate surface area is 153 Å². The second-order valence-electron chi connectivity index (χ2n) is 6.46. The SMILES string of the molecule is COc1ccc(Cn2cccc2C2=N[C@H](Cc3ccccc3)CO2)cc1. The van der Waals surface area contributed by atoms with Gasteiger partial charge in [-0.1, -0.05) is 42.5 Å². The second kappa shape index (κ2) is 7.48. The molecule has 0 fully saturated rings. The predicted molar refractivity (Wildman–Crippen MR) is 103 cm³/mol. The Balaban J connectivity index is 1.48. The number of methoxy groups -OCH3 is 1. The Morgan fingerprint density at radius 3 is 2.58 bits per heavy atom. The van der Waals surface area contributed by atoms with E-state index >= 15 is 0 Å². The van der Waals surface area contributed by atoms with Crippen LogP contribution in [0.2, 0.25) is 0 Å². The van der Waals surface area contributed by atoms with E-state index in [4.69, 9.17) is 14.5 Å². The summed E-state index contributed by atoms with van der Waals surface area (Å²) in [6.45, 7) is 1.41. The Bertz CT molecular complexity index is 882. The first kappa shape index (κ1) is 16.5. The average molecular weight is 346 g/mol. The average Bonchev–Trinajstić information content (AvgIpc) is 3.32. The molecule has 1 aromatic heterocycles. The summed E-state index contributed by atoms with van der Waals surface area (Å²) < 4.78 is 13.3. The monoisotopic (exact) mass is 346 g/mol. The van der Waals surface area contributed by atoms with Crippen LogP contribution < -0.4 is 4.74 Å². The first-order valence-electron chi connectivity index (χ1n) is 8.85. The van der Waals surface area contributed by atoms with Gasteiger partial charge in [-0.2, -0.15) is 0 Å². The molecule has 1 aliphatic heterocycles.